The van der Waals surface area contributed by atoms with Gasteiger partial charge in [0.2, 0.25) is 0 Å². The van der Waals surface area contributed by atoms with Crippen molar-refractivity contribution in [3.8, 4) is 0 Å². The molecule has 0 spiro atoms. The molecule has 0 aromatic heterocycles. The molecule has 102 valence electrons. The van der Waals surface area contributed by atoms with Crippen molar-refractivity contribution in [1.82, 2.24) is 0 Å². The van der Waals surface area contributed by atoms with Crippen molar-refractivity contribution in [2.24, 2.45) is 17.4 Å². The largest absolute Gasteiger partial charge is 0.480 e. The summed E-state index contributed by atoms with van der Waals surface area (Å²) in [7, 11) is 0. The van der Waals surface area contributed by atoms with Crippen molar-refractivity contribution in [1.29, 1.82) is 0 Å². The van der Waals surface area contributed by atoms with Crippen LogP contribution < -0.4 is 11.5 Å². The SMILES string of the molecule is CC1=CC1COC(=O)C(N)CCCC(N)C(=O)O. The molecule has 18 heavy (non-hydrogen) atoms. The van der Waals surface area contributed by atoms with Gasteiger partial charge in [0.25, 0.3) is 0 Å². The van der Waals surface area contributed by atoms with Gasteiger partial charge in [-0.3, -0.25) is 9.59 Å². The minimum absolute atomic E-state index is 0.279. The van der Waals surface area contributed by atoms with Gasteiger partial charge in [0.15, 0.2) is 0 Å². The molecule has 0 radical (unpaired) electrons. The van der Waals surface area contributed by atoms with Crippen molar-refractivity contribution in [2.45, 2.75) is 38.3 Å². The van der Waals surface area contributed by atoms with Gasteiger partial charge in [-0.25, -0.2) is 0 Å². The molecule has 0 bridgehead atoms. The van der Waals surface area contributed by atoms with Crippen LogP contribution in [0.1, 0.15) is 26.2 Å². The number of ether oxygens (including phenoxy) is 1. The zero-order valence-corrected chi connectivity index (χ0v) is 10.5. The first-order valence-corrected chi connectivity index (χ1v) is 6.00. The molecule has 3 atom stereocenters. The second-order valence-corrected chi connectivity index (χ2v) is 4.63. The fourth-order valence-corrected chi connectivity index (χ4v) is 1.53. The van der Waals surface area contributed by atoms with Crippen LogP contribution in [0, 0.1) is 5.92 Å². The van der Waals surface area contributed by atoms with Gasteiger partial charge in [-0.05, 0) is 26.2 Å². The number of nitrogens with two attached hydrogens (primary N) is 2. The van der Waals surface area contributed by atoms with Gasteiger partial charge in [0, 0.05) is 5.92 Å². The van der Waals surface area contributed by atoms with E-state index in [9.17, 15) is 9.59 Å². The standard InChI is InChI=1S/C12H20N2O4/c1-7-5-8(7)6-18-12(17)10(14)4-2-3-9(13)11(15)16/h5,8-10H,2-4,6,13-14H2,1H3,(H,15,16). The number of aliphatic carboxylic acids is 1. The van der Waals surface area contributed by atoms with Crippen LogP contribution >= 0.6 is 0 Å². The molecule has 0 saturated heterocycles. The molecular weight excluding hydrogens is 236 g/mol. The third kappa shape index (κ3) is 4.85. The van der Waals surface area contributed by atoms with Gasteiger partial charge in [-0.1, -0.05) is 11.6 Å². The van der Waals surface area contributed by atoms with Crippen molar-refractivity contribution in [3.63, 3.8) is 0 Å². The van der Waals surface area contributed by atoms with Crippen LogP contribution in [0.4, 0.5) is 0 Å². The maximum Gasteiger partial charge on any atom is 0.322 e. The fourth-order valence-electron chi connectivity index (χ4n) is 1.53. The molecule has 1 rings (SSSR count). The molecule has 0 heterocycles. The van der Waals surface area contributed by atoms with Gasteiger partial charge in [-0.2, -0.15) is 0 Å². The van der Waals surface area contributed by atoms with Crippen molar-refractivity contribution < 1.29 is 19.4 Å². The van der Waals surface area contributed by atoms with E-state index in [1.165, 1.54) is 5.57 Å². The zero-order chi connectivity index (χ0) is 13.7. The van der Waals surface area contributed by atoms with Gasteiger partial charge in [-0.15, -0.1) is 0 Å². The van der Waals surface area contributed by atoms with Crippen molar-refractivity contribution >= 4 is 11.9 Å². The van der Waals surface area contributed by atoms with Crippen LogP contribution in [0.15, 0.2) is 11.6 Å². The van der Waals surface area contributed by atoms with E-state index in [0.717, 1.165) is 0 Å². The van der Waals surface area contributed by atoms with Gasteiger partial charge in [0.1, 0.15) is 18.7 Å². The predicted octanol–water partition coefficient (Wildman–Crippen LogP) is 0.0152. The Bertz CT molecular complexity index is 354. The highest BCUT2D eigenvalue weighted by atomic mass is 16.5. The fraction of sp³-hybridized carbons (Fsp3) is 0.667. The van der Waals surface area contributed by atoms with Crippen LogP contribution in [0.3, 0.4) is 0 Å². The number of esters is 1. The maximum atomic E-state index is 11.5. The van der Waals surface area contributed by atoms with Crippen molar-refractivity contribution in [3.05, 3.63) is 11.6 Å². The first-order valence-electron chi connectivity index (χ1n) is 6.00. The second-order valence-electron chi connectivity index (χ2n) is 4.63. The Kier molecular flexibility index (Phi) is 5.30. The number of carboxylic acids is 1. The molecule has 1 aliphatic carbocycles. The molecule has 6 nitrogen and oxygen atoms in total. The van der Waals surface area contributed by atoms with Crippen LogP contribution in [-0.2, 0) is 14.3 Å². The molecule has 3 unspecified atom stereocenters. The van der Waals surface area contributed by atoms with Crippen LogP contribution in [0.25, 0.3) is 0 Å². The highest BCUT2D eigenvalue weighted by molar-refractivity contribution is 5.75. The highest BCUT2D eigenvalue weighted by Gasteiger charge is 2.23. The van der Waals surface area contributed by atoms with Gasteiger partial charge >= 0.3 is 11.9 Å². The number of carboxylic acid groups (broad SMARTS) is 1. The Morgan fingerprint density at radius 1 is 1.39 bits per heavy atom. The average molecular weight is 256 g/mol. The monoisotopic (exact) mass is 256 g/mol. The molecular formula is C12H20N2O4. The van der Waals surface area contributed by atoms with E-state index in [1.54, 1.807) is 0 Å². The van der Waals surface area contributed by atoms with Gasteiger partial charge < -0.3 is 21.3 Å². The molecule has 0 fully saturated rings. The molecule has 5 N–H and O–H groups in total. The lowest BCUT2D eigenvalue weighted by Gasteiger charge is -2.12. The van der Waals surface area contributed by atoms with Crippen LogP contribution in [0.5, 0.6) is 0 Å². The third-order valence-electron chi connectivity index (χ3n) is 3.00. The Morgan fingerprint density at radius 2 is 1.94 bits per heavy atom. The lowest BCUT2D eigenvalue weighted by Crippen LogP contribution is -2.34. The Morgan fingerprint density at radius 3 is 2.44 bits per heavy atom. The van der Waals surface area contributed by atoms with E-state index in [4.69, 9.17) is 21.3 Å². The summed E-state index contributed by atoms with van der Waals surface area (Å²) in [6.45, 7) is 2.33. The summed E-state index contributed by atoms with van der Waals surface area (Å²) >= 11 is 0. The number of hydrogen-bond donors (Lipinski definition) is 3. The van der Waals surface area contributed by atoms with Crippen LogP contribution in [-0.4, -0.2) is 35.7 Å². The first kappa shape index (κ1) is 14.7. The van der Waals surface area contributed by atoms with E-state index in [1.807, 2.05) is 13.0 Å². The Hall–Kier alpha value is -1.40. The van der Waals surface area contributed by atoms with E-state index in [0.29, 0.717) is 25.9 Å². The molecule has 6 heteroatoms. The lowest BCUT2D eigenvalue weighted by atomic mass is 10.1. The summed E-state index contributed by atoms with van der Waals surface area (Å²) in [6, 6.07) is -1.60. The summed E-state index contributed by atoms with van der Waals surface area (Å²) in [5.41, 5.74) is 12.2. The highest BCUT2D eigenvalue weighted by Crippen LogP contribution is 2.27. The summed E-state index contributed by atoms with van der Waals surface area (Å²) in [5.74, 6) is -1.20. The van der Waals surface area contributed by atoms with E-state index < -0.39 is 24.0 Å². The summed E-state index contributed by atoms with van der Waals surface area (Å²) in [4.78, 5) is 21.9. The smallest absolute Gasteiger partial charge is 0.322 e. The first-order chi connectivity index (χ1) is 8.41. The van der Waals surface area contributed by atoms with E-state index in [-0.39, 0.29) is 5.92 Å². The maximum absolute atomic E-state index is 11.5. The number of carbonyl (C=O) groups excluding carboxylic acids is 1. The predicted molar refractivity (Wildman–Crippen MR) is 65.6 cm³/mol. The Balaban J connectivity index is 2.09. The van der Waals surface area contributed by atoms with E-state index >= 15 is 0 Å². The quantitative estimate of drug-likeness (QED) is 0.416. The van der Waals surface area contributed by atoms with Crippen LogP contribution in [0.2, 0.25) is 0 Å². The number of carbonyl (C=O) groups is 2. The minimum Gasteiger partial charge on any atom is -0.480 e. The third-order valence-corrected chi connectivity index (χ3v) is 3.00. The Labute approximate surface area is 106 Å². The molecule has 0 saturated carbocycles. The molecule has 0 amide bonds. The average Bonchev–Trinajstić information content (AvgIpc) is 3.01. The van der Waals surface area contributed by atoms with E-state index in [2.05, 4.69) is 0 Å². The van der Waals surface area contributed by atoms with Gasteiger partial charge in [0.05, 0.1) is 0 Å². The normalized spacial score (nSPS) is 20.8. The minimum atomic E-state index is -1.04. The zero-order valence-electron chi connectivity index (χ0n) is 10.5. The molecule has 1 aliphatic rings. The molecule has 0 aromatic carbocycles. The lowest BCUT2D eigenvalue weighted by molar-refractivity contribution is -0.145. The summed E-state index contributed by atoms with van der Waals surface area (Å²) < 4.78 is 5.04. The second kappa shape index (κ2) is 6.51. The molecule has 0 aromatic rings. The van der Waals surface area contributed by atoms with Crippen molar-refractivity contribution in [2.75, 3.05) is 6.61 Å². The topological polar surface area (TPSA) is 116 Å². The number of rotatable bonds is 8. The summed E-state index contributed by atoms with van der Waals surface area (Å²) in [6.07, 6.45) is 3.20. The number of hydrogen-bond acceptors (Lipinski definition) is 5. The summed E-state index contributed by atoms with van der Waals surface area (Å²) in [5, 5.41) is 8.58. The molecule has 0 aliphatic heterocycles.